The van der Waals surface area contributed by atoms with Gasteiger partial charge in [0.2, 0.25) is 11.8 Å². The maximum atomic E-state index is 14.4. The van der Waals surface area contributed by atoms with Gasteiger partial charge in [-0.05, 0) is 116 Å². The number of anilines is 4. The van der Waals surface area contributed by atoms with Crippen molar-refractivity contribution in [3.8, 4) is 5.88 Å². The van der Waals surface area contributed by atoms with Gasteiger partial charge in [-0.2, -0.15) is 4.98 Å². The fourth-order valence-corrected chi connectivity index (χ4v) is 10.9. The monoisotopic (exact) mass is 956 g/mol. The molecule has 2 fully saturated rings. The molecule has 9 rings (SSSR count). The number of piperazine rings is 1. The number of fused-ring (bicyclic) bond motifs is 2. The third-order valence-electron chi connectivity index (χ3n) is 13.7. The van der Waals surface area contributed by atoms with Crippen molar-refractivity contribution in [2.75, 3.05) is 67.5 Å². The molecule has 2 aliphatic heterocycles. The van der Waals surface area contributed by atoms with E-state index < -0.39 is 37.4 Å². The summed E-state index contributed by atoms with van der Waals surface area (Å²) in [4.78, 5) is 40.0. The normalized spacial score (nSPS) is 19.1. The van der Waals surface area contributed by atoms with Crippen LogP contribution in [0.5, 0.6) is 5.88 Å². The van der Waals surface area contributed by atoms with Crippen molar-refractivity contribution >= 4 is 72.6 Å². The molecule has 2 aromatic heterocycles. The molecule has 1 saturated heterocycles. The highest BCUT2D eigenvalue weighted by molar-refractivity contribution is 7.90. The smallest absolute Gasteiger partial charge is 0.293 e. The number of carbonyl (C=O) groups excluding carboxylic acids is 1. The summed E-state index contributed by atoms with van der Waals surface area (Å²) in [5, 5.41) is 16.7. The topological polar surface area (TPSA) is 166 Å². The number of ether oxygens (including phenoxy) is 1. The van der Waals surface area contributed by atoms with Crippen molar-refractivity contribution in [2.24, 2.45) is 11.3 Å². The summed E-state index contributed by atoms with van der Waals surface area (Å²) < 4.78 is 63.6. The highest BCUT2D eigenvalue weighted by atomic mass is 35.5. The number of nitrogens with zero attached hydrogens (tertiary/aromatic N) is 5. The number of allylic oxidation sites excluding steroid dienone is 1. The lowest BCUT2D eigenvalue weighted by atomic mass is 9.72. The molecule has 1 amide bonds. The first-order chi connectivity index (χ1) is 32.0. The molecule has 0 radical (unpaired) electrons. The summed E-state index contributed by atoms with van der Waals surface area (Å²) in [6.07, 6.45) is 5.54. The molecule has 0 atom stereocenters. The minimum atomic E-state index is -4.64. The maximum Gasteiger partial charge on any atom is 0.293 e. The summed E-state index contributed by atoms with van der Waals surface area (Å²) in [7, 11) is -4.64. The van der Waals surface area contributed by atoms with E-state index in [0.29, 0.717) is 42.5 Å². The number of carbonyl (C=O) groups is 1. The molecular formula is C49H55ClF2N8O6S. The molecule has 4 heterocycles. The molecule has 0 bridgehead atoms. The lowest BCUT2D eigenvalue weighted by molar-refractivity contribution is -0.384. The van der Waals surface area contributed by atoms with E-state index >= 15 is 0 Å². The van der Waals surface area contributed by atoms with E-state index in [1.807, 2.05) is 41.3 Å². The van der Waals surface area contributed by atoms with Gasteiger partial charge in [0.05, 0.1) is 27.7 Å². The van der Waals surface area contributed by atoms with Gasteiger partial charge in [0.25, 0.3) is 21.6 Å². The Morgan fingerprint density at radius 1 is 0.970 bits per heavy atom. The van der Waals surface area contributed by atoms with Crippen molar-refractivity contribution in [3.63, 3.8) is 0 Å². The summed E-state index contributed by atoms with van der Waals surface area (Å²) in [6.45, 7) is 9.62. The van der Waals surface area contributed by atoms with Crippen LogP contribution < -0.4 is 24.6 Å². The van der Waals surface area contributed by atoms with E-state index in [1.54, 1.807) is 12.3 Å². The Bertz CT molecular complexity index is 2820. The van der Waals surface area contributed by atoms with Crippen molar-refractivity contribution in [1.29, 1.82) is 0 Å². The van der Waals surface area contributed by atoms with Gasteiger partial charge in [-0.15, -0.1) is 0 Å². The Balaban J connectivity index is 0.975. The zero-order valence-corrected chi connectivity index (χ0v) is 39.2. The van der Waals surface area contributed by atoms with E-state index in [2.05, 4.69) is 50.8 Å². The quantitative estimate of drug-likeness (QED) is 0.0805. The van der Waals surface area contributed by atoms with Crippen LogP contribution in [0, 0.1) is 21.4 Å². The zero-order valence-electron chi connectivity index (χ0n) is 37.6. The average Bonchev–Trinajstić information content (AvgIpc) is 3.66. The second-order valence-corrected chi connectivity index (χ2v) is 21.1. The molecule has 3 N–H and O–H groups in total. The van der Waals surface area contributed by atoms with Crippen LogP contribution in [0.1, 0.15) is 81.1 Å². The van der Waals surface area contributed by atoms with Gasteiger partial charge in [-0.1, -0.05) is 43.2 Å². The molecule has 2 aliphatic carbocycles. The van der Waals surface area contributed by atoms with Crippen LogP contribution in [0.2, 0.25) is 5.02 Å². The third kappa shape index (κ3) is 10.4. The Hall–Kier alpha value is -5.78. The second kappa shape index (κ2) is 18.7. The van der Waals surface area contributed by atoms with Crippen LogP contribution in [0.15, 0.2) is 89.5 Å². The number of hydrogen-bond acceptors (Lipinski definition) is 11. The molecule has 0 spiro atoms. The fraction of sp³-hybridized carbons (Fsp3) is 0.429. The Labute approximate surface area is 393 Å². The number of nitro groups is 1. The number of H-pyrrole nitrogens is 1. The minimum Gasteiger partial charge on any atom is -0.476 e. The highest BCUT2D eigenvalue weighted by Gasteiger charge is 2.36. The van der Waals surface area contributed by atoms with Crippen molar-refractivity contribution in [2.45, 2.75) is 76.0 Å². The van der Waals surface area contributed by atoms with Gasteiger partial charge in [0.1, 0.15) is 17.0 Å². The van der Waals surface area contributed by atoms with Gasteiger partial charge in [-0.25, -0.2) is 21.9 Å². The number of amides is 1. The SMILES string of the molecule is CC1(C)CCC(CN2CCN(c3ccc(C(=O)NS(=O)(=O)c4ccc(NCC5CCC(F)(F)CC5)c([N+](=O)[O-])c4)c(N4CCCOc5nc6[nH]ccc6cc54)c3)CC2)=C(c2ccc(Cl)cc2)C1. The summed E-state index contributed by atoms with van der Waals surface area (Å²) >= 11 is 6.27. The number of alkyl halides is 2. The van der Waals surface area contributed by atoms with Crippen LogP contribution >= 0.6 is 11.6 Å². The number of rotatable bonds is 12. The van der Waals surface area contributed by atoms with E-state index in [1.165, 1.54) is 28.8 Å². The van der Waals surface area contributed by atoms with Crippen LogP contribution in [0.4, 0.5) is 37.2 Å². The van der Waals surface area contributed by atoms with Crippen molar-refractivity contribution < 1.29 is 31.7 Å². The molecule has 5 aromatic rings. The molecular weight excluding hydrogens is 902 g/mol. The first kappa shape index (κ1) is 46.3. The molecule has 354 valence electrons. The number of hydrogen-bond donors (Lipinski definition) is 3. The first-order valence-electron chi connectivity index (χ1n) is 22.9. The largest absolute Gasteiger partial charge is 0.476 e. The van der Waals surface area contributed by atoms with Crippen molar-refractivity contribution in [1.82, 2.24) is 19.6 Å². The number of halogens is 3. The molecule has 0 unspecified atom stereocenters. The van der Waals surface area contributed by atoms with Gasteiger partial charge >= 0.3 is 0 Å². The lowest BCUT2D eigenvalue weighted by Crippen LogP contribution is -2.47. The predicted molar refractivity (Wildman–Crippen MR) is 257 cm³/mol. The third-order valence-corrected chi connectivity index (χ3v) is 15.3. The number of aromatic nitrogens is 2. The summed E-state index contributed by atoms with van der Waals surface area (Å²) in [5.41, 5.74) is 6.46. The first-order valence-corrected chi connectivity index (χ1v) is 24.8. The molecule has 67 heavy (non-hydrogen) atoms. The van der Waals surface area contributed by atoms with Crippen LogP contribution in [0.3, 0.4) is 0 Å². The van der Waals surface area contributed by atoms with Crippen LogP contribution in [0.25, 0.3) is 16.6 Å². The Kier molecular flexibility index (Phi) is 12.9. The van der Waals surface area contributed by atoms with Crippen LogP contribution in [-0.2, 0) is 10.0 Å². The van der Waals surface area contributed by atoms with Crippen molar-refractivity contribution in [3.05, 3.63) is 111 Å². The summed E-state index contributed by atoms with van der Waals surface area (Å²) in [5.74, 6) is -3.39. The molecule has 3 aromatic carbocycles. The van der Waals surface area contributed by atoms with Gasteiger partial charge in [-0.3, -0.25) is 19.8 Å². The van der Waals surface area contributed by atoms with E-state index in [9.17, 15) is 32.1 Å². The number of aromatic amines is 1. The molecule has 18 heteroatoms. The van der Waals surface area contributed by atoms with Gasteiger partial charge in [0, 0.05) is 87.0 Å². The zero-order chi connectivity index (χ0) is 47.1. The number of sulfonamides is 1. The molecule has 14 nitrogen and oxygen atoms in total. The predicted octanol–water partition coefficient (Wildman–Crippen LogP) is 10.2. The molecule has 4 aliphatic rings. The minimum absolute atomic E-state index is 0.0521. The maximum absolute atomic E-state index is 14.4. The number of nitrogens with one attached hydrogen (secondary N) is 3. The van der Waals surface area contributed by atoms with Gasteiger partial charge in [0.15, 0.2) is 0 Å². The van der Waals surface area contributed by atoms with E-state index in [4.69, 9.17) is 21.3 Å². The van der Waals surface area contributed by atoms with Crippen LogP contribution in [-0.4, -0.2) is 92.5 Å². The average molecular weight is 958 g/mol. The highest BCUT2D eigenvalue weighted by Crippen LogP contribution is 2.44. The fourth-order valence-electron chi connectivity index (χ4n) is 9.82. The van der Waals surface area contributed by atoms with E-state index in [0.717, 1.165) is 74.1 Å². The van der Waals surface area contributed by atoms with E-state index in [-0.39, 0.29) is 54.8 Å². The number of benzene rings is 3. The summed E-state index contributed by atoms with van der Waals surface area (Å²) in [6, 6.07) is 20.7. The second-order valence-electron chi connectivity index (χ2n) is 19.0. The lowest BCUT2D eigenvalue weighted by Gasteiger charge is -2.39. The molecule has 1 saturated carbocycles. The standard InChI is InChI=1S/C49H55ClF2N8O6S/c1-48(2)16-14-35(40(29-48)33-4-6-36(50)7-5-33)31-57-21-23-58(24-22-57)37-8-10-39(42(27-37)59-20-3-25-66-47-44(59)26-34-15-19-53-45(34)55-47)46(61)56-67(64,65)38-9-11-41(43(28-38)60(62)63)54-30-32-12-17-49(51,52)18-13-32/h4-11,15,19,26-28,32,54H,3,12-14,16-18,20-25,29-31H2,1-2H3,(H,53,55)(H,56,61). The Morgan fingerprint density at radius 3 is 2.48 bits per heavy atom. The Morgan fingerprint density at radius 2 is 1.73 bits per heavy atom. The van der Waals surface area contributed by atoms with Gasteiger partial charge < -0.3 is 24.8 Å². The number of pyridine rings is 1. The number of nitro benzene ring substituents is 1.